The normalized spacial score (nSPS) is 19.1. The lowest BCUT2D eigenvalue weighted by atomic mass is 9.93. The molecule has 1 aromatic heterocycles. The molecule has 5 nitrogen and oxygen atoms in total. The van der Waals surface area contributed by atoms with Crippen molar-refractivity contribution in [1.29, 1.82) is 0 Å². The highest BCUT2D eigenvalue weighted by atomic mass is 16.5. The summed E-state index contributed by atoms with van der Waals surface area (Å²) in [4.78, 5) is 19.3. The molecule has 1 aromatic rings. The Bertz CT molecular complexity index is 462. The number of aromatic amines is 1. The molecule has 2 N–H and O–H groups in total. The van der Waals surface area contributed by atoms with E-state index in [-0.39, 0.29) is 5.56 Å². The summed E-state index contributed by atoms with van der Waals surface area (Å²) < 4.78 is 5.78. The van der Waals surface area contributed by atoms with E-state index in [0.29, 0.717) is 12.4 Å². The Hall–Kier alpha value is -1.20. The van der Waals surface area contributed by atoms with Gasteiger partial charge in [0.2, 0.25) is 0 Å². The second kappa shape index (κ2) is 6.30. The highest BCUT2D eigenvalue weighted by Crippen LogP contribution is 2.36. The second-order valence-electron chi connectivity index (χ2n) is 5.23. The van der Waals surface area contributed by atoms with Crippen molar-refractivity contribution in [3.05, 3.63) is 27.9 Å². The van der Waals surface area contributed by atoms with Crippen LogP contribution < -0.4 is 10.9 Å². The van der Waals surface area contributed by atoms with E-state index < -0.39 is 5.60 Å². The minimum absolute atomic E-state index is 0.101. The standard InChI is InChI=1S/C14H23N3O2/c1-15-10-11-9-12(18)17-13(16-11)14(19-2)7-5-3-4-6-8-14/h9,15H,3-8,10H2,1-2H3,(H,16,17,18). The van der Waals surface area contributed by atoms with Gasteiger partial charge in [0.05, 0.1) is 5.69 Å². The van der Waals surface area contributed by atoms with Crippen molar-refractivity contribution < 1.29 is 4.74 Å². The zero-order chi connectivity index (χ0) is 13.7. The molecule has 19 heavy (non-hydrogen) atoms. The van der Waals surface area contributed by atoms with E-state index in [1.165, 1.54) is 12.8 Å². The lowest BCUT2D eigenvalue weighted by Gasteiger charge is -2.30. The van der Waals surface area contributed by atoms with E-state index in [1.807, 2.05) is 7.05 Å². The summed E-state index contributed by atoms with van der Waals surface area (Å²) in [5, 5.41) is 3.03. The Morgan fingerprint density at radius 1 is 1.37 bits per heavy atom. The fourth-order valence-electron chi connectivity index (χ4n) is 2.83. The minimum atomic E-state index is -0.417. The largest absolute Gasteiger partial charge is 0.370 e. The first-order valence-corrected chi connectivity index (χ1v) is 7.01. The molecule has 0 saturated heterocycles. The topological polar surface area (TPSA) is 67.0 Å². The van der Waals surface area contributed by atoms with Gasteiger partial charge in [-0.25, -0.2) is 4.98 Å². The number of methoxy groups -OCH3 is 1. The maximum atomic E-state index is 11.8. The Morgan fingerprint density at radius 3 is 2.63 bits per heavy atom. The Labute approximate surface area is 113 Å². The molecule has 5 heteroatoms. The average molecular weight is 265 g/mol. The maximum absolute atomic E-state index is 11.8. The molecule has 1 fully saturated rings. The van der Waals surface area contributed by atoms with Gasteiger partial charge in [0.15, 0.2) is 0 Å². The van der Waals surface area contributed by atoms with Gasteiger partial charge in [-0.2, -0.15) is 0 Å². The lowest BCUT2D eigenvalue weighted by Crippen LogP contribution is -2.33. The maximum Gasteiger partial charge on any atom is 0.251 e. The van der Waals surface area contributed by atoms with Crippen molar-refractivity contribution in [2.75, 3.05) is 14.2 Å². The molecule has 0 amide bonds. The first kappa shape index (κ1) is 14.2. The van der Waals surface area contributed by atoms with Crippen LogP contribution in [-0.2, 0) is 16.9 Å². The molecule has 0 unspecified atom stereocenters. The molecular formula is C14H23N3O2. The summed E-state index contributed by atoms with van der Waals surface area (Å²) in [6.07, 6.45) is 6.55. The fraction of sp³-hybridized carbons (Fsp3) is 0.714. The highest BCUT2D eigenvalue weighted by Gasteiger charge is 2.35. The van der Waals surface area contributed by atoms with Gasteiger partial charge in [0.25, 0.3) is 5.56 Å². The Balaban J connectivity index is 2.38. The zero-order valence-electron chi connectivity index (χ0n) is 11.8. The summed E-state index contributed by atoms with van der Waals surface area (Å²) in [5.41, 5.74) is 0.247. The van der Waals surface area contributed by atoms with Crippen molar-refractivity contribution in [2.45, 2.75) is 50.7 Å². The third kappa shape index (κ3) is 3.22. The number of hydrogen-bond donors (Lipinski definition) is 2. The van der Waals surface area contributed by atoms with E-state index in [9.17, 15) is 4.79 Å². The van der Waals surface area contributed by atoms with Gasteiger partial charge in [-0.3, -0.25) is 4.79 Å². The zero-order valence-corrected chi connectivity index (χ0v) is 11.8. The number of hydrogen-bond acceptors (Lipinski definition) is 4. The second-order valence-corrected chi connectivity index (χ2v) is 5.23. The van der Waals surface area contributed by atoms with Crippen molar-refractivity contribution in [2.24, 2.45) is 0 Å². The number of aromatic nitrogens is 2. The van der Waals surface area contributed by atoms with E-state index in [2.05, 4.69) is 15.3 Å². The van der Waals surface area contributed by atoms with Crippen LogP contribution >= 0.6 is 0 Å². The van der Waals surface area contributed by atoms with Crippen molar-refractivity contribution in [3.8, 4) is 0 Å². The first-order chi connectivity index (χ1) is 9.20. The van der Waals surface area contributed by atoms with E-state index in [0.717, 1.165) is 31.4 Å². The molecule has 1 aliphatic carbocycles. The van der Waals surface area contributed by atoms with Gasteiger partial charge >= 0.3 is 0 Å². The van der Waals surface area contributed by atoms with Crippen molar-refractivity contribution in [3.63, 3.8) is 0 Å². The third-order valence-corrected chi connectivity index (χ3v) is 3.89. The fourth-order valence-corrected chi connectivity index (χ4v) is 2.83. The van der Waals surface area contributed by atoms with E-state index >= 15 is 0 Å². The van der Waals surface area contributed by atoms with Gasteiger partial charge < -0.3 is 15.0 Å². The lowest BCUT2D eigenvalue weighted by molar-refractivity contribution is -0.0355. The number of nitrogens with one attached hydrogen (secondary N) is 2. The number of H-pyrrole nitrogens is 1. The van der Waals surface area contributed by atoms with Crippen molar-refractivity contribution >= 4 is 0 Å². The van der Waals surface area contributed by atoms with E-state index in [1.54, 1.807) is 13.2 Å². The predicted octanol–water partition coefficient (Wildman–Crippen LogP) is 1.69. The number of nitrogens with zero attached hydrogens (tertiary/aromatic N) is 1. The average Bonchev–Trinajstić information content (AvgIpc) is 2.64. The minimum Gasteiger partial charge on any atom is -0.370 e. The summed E-state index contributed by atoms with van der Waals surface area (Å²) in [7, 11) is 3.57. The van der Waals surface area contributed by atoms with E-state index in [4.69, 9.17) is 4.74 Å². The Morgan fingerprint density at radius 2 is 2.05 bits per heavy atom. The summed E-state index contributed by atoms with van der Waals surface area (Å²) >= 11 is 0. The summed E-state index contributed by atoms with van der Waals surface area (Å²) in [6, 6.07) is 1.54. The van der Waals surface area contributed by atoms with Gasteiger partial charge in [0, 0.05) is 19.7 Å². The van der Waals surface area contributed by atoms with Crippen LogP contribution in [0.3, 0.4) is 0 Å². The van der Waals surface area contributed by atoms with Crippen LogP contribution in [0.25, 0.3) is 0 Å². The first-order valence-electron chi connectivity index (χ1n) is 7.01. The predicted molar refractivity (Wildman–Crippen MR) is 74.0 cm³/mol. The van der Waals surface area contributed by atoms with Gasteiger partial charge in [-0.1, -0.05) is 25.7 Å². The molecule has 1 aliphatic rings. The number of rotatable bonds is 4. The molecule has 0 aliphatic heterocycles. The van der Waals surface area contributed by atoms with Gasteiger partial charge in [-0.15, -0.1) is 0 Å². The smallest absolute Gasteiger partial charge is 0.251 e. The highest BCUT2D eigenvalue weighted by molar-refractivity contribution is 5.09. The summed E-state index contributed by atoms with van der Waals surface area (Å²) in [5.74, 6) is 0.689. The molecule has 0 bridgehead atoms. The molecule has 2 rings (SSSR count). The van der Waals surface area contributed by atoms with Crippen LogP contribution in [0.4, 0.5) is 0 Å². The van der Waals surface area contributed by atoms with Crippen molar-refractivity contribution in [1.82, 2.24) is 15.3 Å². The molecule has 1 saturated carbocycles. The third-order valence-electron chi connectivity index (χ3n) is 3.89. The van der Waals surface area contributed by atoms with Crippen LogP contribution in [0, 0.1) is 0 Å². The molecule has 0 spiro atoms. The van der Waals surface area contributed by atoms with Crippen LogP contribution in [-0.4, -0.2) is 24.1 Å². The quantitative estimate of drug-likeness (QED) is 0.813. The Kier molecular flexibility index (Phi) is 4.71. The molecular weight excluding hydrogens is 242 g/mol. The molecule has 106 valence electrons. The molecule has 1 heterocycles. The summed E-state index contributed by atoms with van der Waals surface area (Å²) in [6.45, 7) is 0.594. The van der Waals surface area contributed by atoms with Crippen LogP contribution in [0.2, 0.25) is 0 Å². The van der Waals surface area contributed by atoms with Crippen LogP contribution in [0.15, 0.2) is 10.9 Å². The molecule has 0 aromatic carbocycles. The SMILES string of the molecule is CNCc1cc(=O)[nH]c(C2(OC)CCCCCC2)n1. The monoisotopic (exact) mass is 265 g/mol. The van der Waals surface area contributed by atoms with Crippen LogP contribution in [0.5, 0.6) is 0 Å². The number of ether oxygens (including phenoxy) is 1. The van der Waals surface area contributed by atoms with Crippen LogP contribution in [0.1, 0.15) is 50.0 Å². The van der Waals surface area contributed by atoms with Gasteiger partial charge in [0.1, 0.15) is 11.4 Å². The van der Waals surface area contributed by atoms with Gasteiger partial charge in [-0.05, 0) is 19.9 Å². The molecule has 0 atom stereocenters. The molecule has 0 radical (unpaired) electrons.